The molecule has 0 aromatic heterocycles. The van der Waals surface area contributed by atoms with E-state index in [1.54, 1.807) is 59.4 Å². The highest BCUT2D eigenvalue weighted by molar-refractivity contribution is 6.15. The van der Waals surface area contributed by atoms with Crippen molar-refractivity contribution in [1.82, 2.24) is 9.80 Å². The molecule has 12 nitrogen and oxygen atoms in total. The van der Waals surface area contributed by atoms with Crippen molar-refractivity contribution >= 4 is 35.7 Å². The molecule has 1 heterocycles. The van der Waals surface area contributed by atoms with Crippen LogP contribution in [0.15, 0.2) is 27.9 Å². The molecule has 1 fully saturated rings. The SMILES string of the molecule is CC1=C(N(C(=O)OCC(C)C)C(=O)OC(C)(C)C)C(=NC(=O)OC(C)(C)C)CC=C1C(=O)CC(C)C(=O)N1CCC(O)CC1. The van der Waals surface area contributed by atoms with Crippen molar-refractivity contribution in [2.75, 3.05) is 19.7 Å². The zero-order chi connectivity index (χ0) is 33.6. The minimum absolute atomic E-state index is 0.00220. The van der Waals surface area contributed by atoms with Crippen LogP contribution >= 0.6 is 0 Å². The largest absolute Gasteiger partial charge is 0.448 e. The van der Waals surface area contributed by atoms with Crippen LogP contribution in [0.5, 0.6) is 0 Å². The monoisotopic (exact) mass is 619 g/mol. The van der Waals surface area contributed by atoms with Crippen molar-refractivity contribution < 1.29 is 43.3 Å². The Balaban J connectivity index is 2.55. The summed E-state index contributed by atoms with van der Waals surface area (Å²) in [5, 5.41) is 9.78. The first-order chi connectivity index (χ1) is 20.2. The molecule has 1 aliphatic carbocycles. The maximum atomic E-state index is 13.6. The Kier molecular flexibility index (Phi) is 12.5. The Morgan fingerprint density at radius 3 is 2.07 bits per heavy atom. The number of piperidine rings is 1. The fraction of sp³-hybridized carbons (Fsp3) is 0.688. The third-order valence-electron chi connectivity index (χ3n) is 6.66. The Morgan fingerprint density at radius 1 is 0.977 bits per heavy atom. The lowest BCUT2D eigenvalue weighted by atomic mass is 9.87. The standard InChI is InChI=1S/C32H49N3O9/c1-19(2)18-42-29(40)35(30(41)44-32(8,9)10)26-21(4)23(11-12-24(26)33-28(39)43-31(5,6)7)25(37)17-20(3)27(38)34-15-13-22(36)14-16-34/h11,19-20,22,36H,12-18H2,1-10H3. The average Bonchev–Trinajstić information content (AvgIpc) is 2.87. The summed E-state index contributed by atoms with van der Waals surface area (Å²) in [6, 6.07) is 0. The van der Waals surface area contributed by atoms with Crippen LogP contribution in [0.4, 0.5) is 14.4 Å². The molecule has 1 N–H and O–H groups in total. The number of allylic oxidation sites excluding steroid dienone is 4. The second kappa shape index (κ2) is 15.0. The maximum absolute atomic E-state index is 13.6. The molecule has 4 amide bonds. The number of rotatable bonds is 7. The first-order valence-electron chi connectivity index (χ1n) is 15.1. The van der Waals surface area contributed by atoms with Gasteiger partial charge in [-0.05, 0) is 72.8 Å². The predicted octanol–water partition coefficient (Wildman–Crippen LogP) is 5.57. The van der Waals surface area contributed by atoms with Crippen molar-refractivity contribution in [2.24, 2.45) is 16.8 Å². The Labute approximate surface area is 260 Å². The highest BCUT2D eigenvalue weighted by Gasteiger charge is 2.38. The van der Waals surface area contributed by atoms with Crippen LogP contribution in [0.2, 0.25) is 0 Å². The maximum Gasteiger partial charge on any atom is 0.434 e. The van der Waals surface area contributed by atoms with Crippen LogP contribution in [0, 0.1) is 11.8 Å². The number of imide groups is 1. The molecule has 1 unspecified atom stereocenters. The molecule has 2 rings (SSSR count). The molecule has 0 aromatic carbocycles. The molecule has 1 aliphatic heterocycles. The van der Waals surface area contributed by atoms with Crippen LogP contribution in [-0.2, 0) is 23.8 Å². The van der Waals surface area contributed by atoms with Gasteiger partial charge in [-0.3, -0.25) is 9.59 Å². The summed E-state index contributed by atoms with van der Waals surface area (Å²) in [5.41, 5.74) is -1.58. The van der Waals surface area contributed by atoms with E-state index in [0.29, 0.717) is 30.8 Å². The summed E-state index contributed by atoms with van der Waals surface area (Å²) < 4.78 is 16.3. The van der Waals surface area contributed by atoms with Crippen LogP contribution in [0.25, 0.3) is 0 Å². The Bertz CT molecular complexity index is 1210. The van der Waals surface area contributed by atoms with E-state index in [2.05, 4.69) is 4.99 Å². The van der Waals surface area contributed by atoms with E-state index < -0.39 is 41.5 Å². The number of aliphatic imine (C=N–C) groups is 1. The highest BCUT2D eigenvalue weighted by Crippen LogP contribution is 2.31. The molecule has 0 saturated carbocycles. The molecule has 44 heavy (non-hydrogen) atoms. The van der Waals surface area contributed by atoms with E-state index in [1.165, 1.54) is 6.92 Å². The first-order valence-corrected chi connectivity index (χ1v) is 15.1. The van der Waals surface area contributed by atoms with E-state index >= 15 is 0 Å². The van der Waals surface area contributed by atoms with Gasteiger partial charge in [0, 0.05) is 37.4 Å². The van der Waals surface area contributed by atoms with Gasteiger partial charge in [0.05, 0.1) is 24.1 Å². The van der Waals surface area contributed by atoms with Crippen molar-refractivity contribution in [3.8, 4) is 0 Å². The number of ether oxygens (including phenoxy) is 3. The Morgan fingerprint density at radius 2 is 1.55 bits per heavy atom. The first kappa shape index (κ1) is 36.7. The number of amides is 4. The van der Waals surface area contributed by atoms with Gasteiger partial charge in [-0.2, -0.15) is 9.89 Å². The molecule has 2 aliphatic rings. The molecule has 0 aromatic rings. The minimum atomic E-state index is -1.07. The molecule has 0 radical (unpaired) electrons. The van der Waals surface area contributed by atoms with E-state index in [9.17, 15) is 29.1 Å². The van der Waals surface area contributed by atoms with Gasteiger partial charge in [0.1, 0.15) is 11.2 Å². The van der Waals surface area contributed by atoms with Gasteiger partial charge in [-0.25, -0.2) is 14.4 Å². The number of aliphatic hydroxyl groups is 1. The summed E-state index contributed by atoms with van der Waals surface area (Å²) in [4.78, 5) is 72.8. The van der Waals surface area contributed by atoms with Gasteiger partial charge in [-0.1, -0.05) is 26.8 Å². The van der Waals surface area contributed by atoms with Gasteiger partial charge in [-0.15, -0.1) is 0 Å². The zero-order valence-electron chi connectivity index (χ0n) is 27.8. The third kappa shape index (κ3) is 10.9. The second-order valence-corrected chi connectivity index (χ2v) is 13.7. The van der Waals surface area contributed by atoms with Gasteiger partial charge in [0.2, 0.25) is 5.91 Å². The number of aliphatic hydroxyl groups excluding tert-OH is 1. The molecular weight excluding hydrogens is 570 g/mol. The van der Waals surface area contributed by atoms with Gasteiger partial charge < -0.3 is 24.2 Å². The molecule has 12 heteroatoms. The lowest BCUT2D eigenvalue weighted by Gasteiger charge is -2.32. The summed E-state index contributed by atoms with van der Waals surface area (Å²) in [6.45, 7) is 17.6. The topological polar surface area (TPSA) is 152 Å². The van der Waals surface area contributed by atoms with Crippen LogP contribution < -0.4 is 0 Å². The predicted molar refractivity (Wildman–Crippen MR) is 164 cm³/mol. The van der Waals surface area contributed by atoms with E-state index in [0.717, 1.165) is 0 Å². The molecule has 0 spiro atoms. The average molecular weight is 620 g/mol. The number of carbonyl (C=O) groups is 5. The quantitative estimate of drug-likeness (QED) is 0.360. The highest BCUT2D eigenvalue weighted by atomic mass is 16.6. The molecule has 1 atom stereocenters. The summed E-state index contributed by atoms with van der Waals surface area (Å²) in [7, 11) is 0. The fourth-order valence-corrected chi connectivity index (χ4v) is 4.65. The number of hydrogen-bond acceptors (Lipinski definition) is 9. The number of likely N-dealkylation sites (tertiary alicyclic amines) is 1. The number of hydrogen-bond donors (Lipinski definition) is 1. The van der Waals surface area contributed by atoms with E-state index in [1.807, 2.05) is 13.8 Å². The summed E-state index contributed by atoms with van der Waals surface area (Å²) in [6.07, 6.45) is -1.19. The molecule has 246 valence electrons. The van der Waals surface area contributed by atoms with Gasteiger partial charge in [0.15, 0.2) is 5.78 Å². The second-order valence-electron chi connectivity index (χ2n) is 13.7. The third-order valence-corrected chi connectivity index (χ3v) is 6.66. The normalized spacial score (nSPS) is 18.1. The van der Waals surface area contributed by atoms with Crippen LogP contribution in [0.1, 0.15) is 94.9 Å². The van der Waals surface area contributed by atoms with Gasteiger partial charge >= 0.3 is 18.3 Å². The van der Waals surface area contributed by atoms with Crippen LogP contribution in [-0.4, -0.2) is 87.6 Å². The number of ketones is 1. The summed E-state index contributed by atoms with van der Waals surface area (Å²) >= 11 is 0. The zero-order valence-corrected chi connectivity index (χ0v) is 27.8. The molecule has 1 saturated heterocycles. The minimum Gasteiger partial charge on any atom is -0.448 e. The van der Waals surface area contributed by atoms with Crippen molar-refractivity contribution in [2.45, 2.75) is 112 Å². The number of carbonyl (C=O) groups excluding carboxylic acids is 5. The van der Waals surface area contributed by atoms with Crippen molar-refractivity contribution in [3.05, 3.63) is 22.9 Å². The lowest BCUT2D eigenvalue weighted by Crippen LogP contribution is -2.44. The van der Waals surface area contributed by atoms with Crippen LogP contribution in [0.3, 0.4) is 0 Å². The van der Waals surface area contributed by atoms with Gasteiger partial charge in [0.25, 0.3) is 0 Å². The van der Waals surface area contributed by atoms with E-state index in [4.69, 9.17) is 14.2 Å². The Hall–Kier alpha value is -3.54. The van der Waals surface area contributed by atoms with E-state index in [-0.39, 0.29) is 59.6 Å². The van der Waals surface area contributed by atoms with Crippen molar-refractivity contribution in [3.63, 3.8) is 0 Å². The molecular formula is C32H49N3O9. The smallest absolute Gasteiger partial charge is 0.434 e. The van der Waals surface area contributed by atoms with Crippen molar-refractivity contribution in [1.29, 1.82) is 0 Å². The number of nitrogens with zero attached hydrogens (tertiary/aromatic N) is 3. The summed E-state index contributed by atoms with van der Waals surface area (Å²) in [5.74, 6) is -1.27. The molecule has 0 bridgehead atoms. The number of Topliss-reactive ketones (excluding diaryl/α,β-unsaturated/α-hetero) is 1. The fourth-order valence-electron chi connectivity index (χ4n) is 4.65. The lowest BCUT2D eigenvalue weighted by molar-refractivity contribution is -0.138.